The number of rotatable bonds is 5. The molecule has 0 bridgehead atoms. The quantitative estimate of drug-likeness (QED) is 0.449. The van der Waals surface area contributed by atoms with Crippen molar-refractivity contribution in [3.8, 4) is 5.75 Å². The van der Waals surface area contributed by atoms with Gasteiger partial charge in [-0.05, 0) is 31.2 Å². The van der Waals surface area contributed by atoms with E-state index in [1.54, 1.807) is 17.0 Å². The van der Waals surface area contributed by atoms with Gasteiger partial charge in [0, 0.05) is 27.7 Å². The van der Waals surface area contributed by atoms with Crippen LogP contribution in [0.5, 0.6) is 5.75 Å². The molecule has 2 aromatic carbocycles. The van der Waals surface area contributed by atoms with Crippen molar-refractivity contribution in [3.05, 3.63) is 68.5 Å². The fraction of sp³-hybridized carbons (Fsp3) is 0.158. The summed E-state index contributed by atoms with van der Waals surface area (Å²) < 4.78 is 6.51. The number of para-hydroxylation sites is 1. The second-order valence-corrected chi connectivity index (χ2v) is 8.01. The van der Waals surface area contributed by atoms with E-state index in [9.17, 15) is 4.79 Å². The molecule has 1 aliphatic rings. The maximum Gasteiger partial charge on any atom is 0.266 e. The van der Waals surface area contributed by atoms with Gasteiger partial charge in [-0.1, -0.05) is 71.4 Å². The van der Waals surface area contributed by atoms with Crippen LogP contribution in [-0.2, 0) is 11.4 Å². The minimum atomic E-state index is -0.0713. The Morgan fingerprint density at radius 2 is 2.00 bits per heavy atom. The van der Waals surface area contributed by atoms with Gasteiger partial charge < -0.3 is 4.74 Å². The standard InChI is InChI=1S/C19H15Cl2NO2S2/c1-2-22-18(23)17(26-19(22)25)9-12-5-3-4-6-16(12)24-11-13-7-8-14(20)10-15(13)21/h3-10H,2,11H2,1H3. The van der Waals surface area contributed by atoms with Crippen LogP contribution in [0.3, 0.4) is 0 Å². The number of amides is 1. The zero-order chi connectivity index (χ0) is 18.7. The highest BCUT2D eigenvalue weighted by Crippen LogP contribution is 2.34. The van der Waals surface area contributed by atoms with E-state index in [1.165, 1.54) is 11.8 Å². The minimum absolute atomic E-state index is 0.0713. The Morgan fingerprint density at radius 3 is 2.69 bits per heavy atom. The lowest BCUT2D eigenvalue weighted by atomic mass is 10.1. The Hall–Kier alpha value is -1.53. The minimum Gasteiger partial charge on any atom is -0.488 e. The summed E-state index contributed by atoms with van der Waals surface area (Å²) >= 11 is 18.7. The molecule has 0 aliphatic carbocycles. The van der Waals surface area contributed by atoms with Crippen molar-refractivity contribution in [1.29, 1.82) is 0 Å². The molecule has 3 rings (SSSR count). The molecule has 3 nitrogen and oxygen atoms in total. The predicted molar refractivity (Wildman–Crippen MR) is 113 cm³/mol. The topological polar surface area (TPSA) is 29.5 Å². The molecule has 1 amide bonds. The summed E-state index contributed by atoms with van der Waals surface area (Å²) in [6.45, 7) is 2.77. The third-order valence-corrected chi connectivity index (χ3v) is 5.76. The molecule has 1 fully saturated rings. The Labute approximate surface area is 171 Å². The molecule has 0 N–H and O–H groups in total. The second-order valence-electron chi connectivity index (χ2n) is 5.49. The summed E-state index contributed by atoms with van der Waals surface area (Å²) in [4.78, 5) is 14.6. The fourth-order valence-corrected chi connectivity index (χ4v) is 4.28. The maximum absolute atomic E-state index is 12.4. The Bertz CT molecular complexity index is 899. The first-order valence-corrected chi connectivity index (χ1v) is 9.88. The number of nitrogens with zero attached hydrogens (tertiary/aromatic N) is 1. The van der Waals surface area contributed by atoms with Crippen molar-refractivity contribution in [2.45, 2.75) is 13.5 Å². The van der Waals surface area contributed by atoms with Gasteiger partial charge in [-0.25, -0.2) is 0 Å². The van der Waals surface area contributed by atoms with Gasteiger partial charge >= 0.3 is 0 Å². The van der Waals surface area contributed by atoms with Gasteiger partial charge in [0.1, 0.15) is 16.7 Å². The molecule has 1 aliphatic heterocycles. The molecule has 0 atom stereocenters. The SMILES string of the molecule is CCN1C(=O)C(=Cc2ccccc2OCc2ccc(Cl)cc2Cl)SC1=S. The van der Waals surface area contributed by atoms with Gasteiger partial charge in [-0.3, -0.25) is 9.69 Å². The third kappa shape index (κ3) is 4.23. The van der Waals surface area contributed by atoms with Crippen LogP contribution in [0.25, 0.3) is 6.08 Å². The van der Waals surface area contributed by atoms with Crippen LogP contribution in [0, 0.1) is 0 Å². The molecule has 0 radical (unpaired) electrons. The molecule has 2 aromatic rings. The molecule has 1 heterocycles. The van der Waals surface area contributed by atoms with E-state index < -0.39 is 0 Å². The highest BCUT2D eigenvalue weighted by molar-refractivity contribution is 8.26. The van der Waals surface area contributed by atoms with Crippen molar-refractivity contribution in [1.82, 2.24) is 4.90 Å². The number of benzene rings is 2. The molecule has 134 valence electrons. The Balaban J connectivity index is 1.82. The number of thiocarbonyl (C=S) groups is 1. The number of hydrogen-bond acceptors (Lipinski definition) is 4. The summed E-state index contributed by atoms with van der Waals surface area (Å²) in [6.07, 6.45) is 1.81. The number of thioether (sulfide) groups is 1. The van der Waals surface area contributed by atoms with Gasteiger partial charge in [-0.15, -0.1) is 0 Å². The number of carbonyl (C=O) groups is 1. The van der Waals surface area contributed by atoms with E-state index in [0.29, 0.717) is 38.2 Å². The molecular formula is C19H15Cl2NO2S2. The van der Waals surface area contributed by atoms with E-state index in [4.69, 9.17) is 40.2 Å². The van der Waals surface area contributed by atoms with E-state index in [-0.39, 0.29) is 5.91 Å². The number of hydrogen-bond donors (Lipinski definition) is 0. The molecular weight excluding hydrogens is 409 g/mol. The summed E-state index contributed by atoms with van der Waals surface area (Å²) in [5.41, 5.74) is 1.65. The molecule has 7 heteroatoms. The lowest BCUT2D eigenvalue weighted by Crippen LogP contribution is -2.27. The zero-order valence-electron chi connectivity index (χ0n) is 13.9. The van der Waals surface area contributed by atoms with Crippen LogP contribution in [-0.4, -0.2) is 21.7 Å². The van der Waals surface area contributed by atoms with Crippen LogP contribution in [0.4, 0.5) is 0 Å². The van der Waals surface area contributed by atoms with Crippen molar-refractivity contribution in [2.24, 2.45) is 0 Å². The largest absolute Gasteiger partial charge is 0.488 e. The Kier molecular flexibility index (Phi) is 6.24. The normalized spacial score (nSPS) is 15.8. The lowest BCUT2D eigenvalue weighted by Gasteiger charge is -2.11. The van der Waals surface area contributed by atoms with Crippen molar-refractivity contribution in [3.63, 3.8) is 0 Å². The average Bonchev–Trinajstić information content (AvgIpc) is 2.88. The smallest absolute Gasteiger partial charge is 0.266 e. The van der Waals surface area contributed by atoms with Crippen LogP contribution in [0.1, 0.15) is 18.1 Å². The van der Waals surface area contributed by atoms with Gasteiger partial charge in [0.25, 0.3) is 5.91 Å². The third-order valence-electron chi connectivity index (χ3n) is 3.79. The lowest BCUT2D eigenvalue weighted by molar-refractivity contribution is -0.121. The molecule has 0 spiro atoms. The monoisotopic (exact) mass is 423 g/mol. The number of carbonyl (C=O) groups excluding carboxylic acids is 1. The predicted octanol–water partition coefficient (Wildman–Crippen LogP) is 5.79. The molecule has 0 saturated carbocycles. The van der Waals surface area contributed by atoms with Crippen LogP contribution >= 0.6 is 47.2 Å². The summed E-state index contributed by atoms with van der Waals surface area (Å²) in [5.74, 6) is 0.596. The summed E-state index contributed by atoms with van der Waals surface area (Å²) in [5, 5.41) is 1.14. The van der Waals surface area contributed by atoms with E-state index >= 15 is 0 Å². The maximum atomic E-state index is 12.4. The zero-order valence-corrected chi connectivity index (χ0v) is 17.0. The molecule has 0 unspecified atom stereocenters. The van der Waals surface area contributed by atoms with Crippen molar-refractivity contribution < 1.29 is 9.53 Å². The van der Waals surface area contributed by atoms with Gasteiger partial charge in [-0.2, -0.15) is 0 Å². The highest BCUT2D eigenvalue weighted by Gasteiger charge is 2.30. The first kappa shape index (κ1) is 19.2. The van der Waals surface area contributed by atoms with Crippen LogP contribution in [0.2, 0.25) is 10.0 Å². The summed E-state index contributed by atoms with van der Waals surface area (Å²) in [7, 11) is 0. The van der Waals surface area contributed by atoms with Crippen LogP contribution in [0.15, 0.2) is 47.4 Å². The Morgan fingerprint density at radius 1 is 1.23 bits per heavy atom. The number of likely N-dealkylation sites (N-methyl/N-ethyl adjacent to an activating group) is 1. The second kappa shape index (κ2) is 8.44. The highest BCUT2D eigenvalue weighted by atomic mass is 35.5. The molecule has 1 saturated heterocycles. The first-order valence-electron chi connectivity index (χ1n) is 7.90. The number of ether oxygens (including phenoxy) is 1. The first-order chi connectivity index (χ1) is 12.5. The van der Waals surface area contributed by atoms with Crippen molar-refractivity contribution in [2.75, 3.05) is 6.54 Å². The van der Waals surface area contributed by atoms with E-state index in [0.717, 1.165) is 11.1 Å². The number of halogens is 2. The van der Waals surface area contributed by atoms with E-state index in [1.807, 2.05) is 43.3 Å². The van der Waals surface area contributed by atoms with Gasteiger partial charge in [0.15, 0.2) is 0 Å². The fourth-order valence-electron chi connectivity index (χ4n) is 2.44. The molecule has 0 aromatic heterocycles. The molecule has 26 heavy (non-hydrogen) atoms. The van der Waals surface area contributed by atoms with E-state index in [2.05, 4.69) is 0 Å². The van der Waals surface area contributed by atoms with Gasteiger partial charge in [0.05, 0.1) is 4.91 Å². The average molecular weight is 424 g/mol. The summed E-state index contributed by atoms with van der Waals surface area (Å²) in [6, 6.07) is 12.8. The van der Waals surface area contributed by atoms with Crippen molar-refractivity contribution >= 4 is 63.5 Å². The van der Waals surface area contributed by atoms with Gasteiger partial charge in [0.2, 0.25) is 0 Å². The van der Waals surface area contributed by atoms with Crippen LogP contribution < -0.4 is 4.74 Å².